The highest BCUT2D eigenvalue weighted by molar-refractivity contribution is 14.1. The van der Waals surface area contributed by atoms with Gasteiger partial charge in [0.1, 0.15) is 0 Å². The SMILES string of the molecule is C=C/C(=C(\F)I)c1ccc(CC)cc1C(C)=C1CCCC1. The molecular weight excluding hydrogens is 374 g/mol. The predicted molar refractivity (Wildman–Crippen MR) is 99.1 cm³/mol. The van der Waals surface area contributed by atoms with Crippen LogP contribution in [-0.4, -0.2) is 0 Å². The maximum Gasteiger partial charge on any atom is 0.168 e. The van der Waals surface area contributed by atoms with Crippen LogP contribution in [0.3, 0.4) is 0 Å². The molecule has 1 aliphatic carbocycles. The molecule has 2 heteroatoms. The fourth-order valence-electron chi connectivity index (χ4n) is 3.01. The summed E-state index contributed by atoms with van der Waals surface area (Å²) in [7, 11) is 0. The Labute approximate surface area is 141 Å². The topological polar surface area (TPSA) is 0 Å². The standard InChI is InChI=1S/C19H22FI/c1-4-14-10-11-17(16(5-2)19(20)21)18(12-14)13(3)15-8-6-7-9-15/h5,10-12H,2,4,6-9H2,1,3H3/b19-16-. The number of benzene rings is 1. The smallest absolute Gasteiger partial charge is 0.168 e. The molecular formula is C19H22FI. The van der Waals surface area contributed by atoms with Crippen molar-refractivity contribution in [1.82, 2.24) is 0 Å². The largest absolute Gasteiger partial charge is 0.199 e. The van der Waals surface area contributed by atoms with Crippen LogP contribution in [0.4, 0.5) is 4.39 Å². The molecule has 0 radical (unpaired) electrons. The van der Waals surface area contributed by atoms with E-state index >= 15 is 0 Å². The average molecular weight is 396 g/mol. The van der Waals surface area contributed by atoms with Gasteiger partial charge in [-0.25, -0.2) is 0 Å². The lowest BCUT2D eigenvalue weighted by atomic mass is 9.90. The molecule has 0 nitrogen and oxygen atoms in total. The zero-order valence-corrected chi connectivity index (χ0v) is 15.0. The van der Waals surface area contributed by atoms with E-state index in [2.05, 4.69) is 32.6 Å². The first kappa shape index (κ1) is 16.5. The molecule has 1 saturated carbocycles. The second-order valence-corrected chi connectivity index (χ2v) is 6.49. The fourth-order valence-corrected chi connectivity index (χ4v) is 3.52. The summed E-state index contributed by atoms with van der Waals surface area (Å²) in [5.74, 6) is 0. The highest BCUT2D eigenvalue weighted by atomic mass is 127. The van der Waals surface area contributed by atoms with Crippen LogP contribution in [0.5, 0.6) is 0 Å². The molecule has 112 valence electrons. The molecule has 2 rings (SSSR count). The van der Waals surface area contributed by atoms with Gasteiger partial charge in [0.15, 0.2) is 3.83 Å². The van der Waals surface area contributed by atoms with Gasteiger partial charge in [-0.05, 0) is 83.9 Å². The van der Waals surface area contributed by atoms with Crippen LogP contribution in [0.2, 0.25) is 0 Å². The van der Waals surface area contributed by atoms with E-state index in [1.165, 1.54) is 48.0 Å². The van der Waals surface area contributed by atoms with E-state index in [0.717, 1.165) is 12.0 Å². The summed E-state index contributed by atoms with van der Waals surface area (Å²) in [4.78, 5) is 0. The molecule has 21 heavy (non-hydrogen) atoms. The summed E-state index contributed by atoms with van der Waals surface area (Å²) < 4.78 is 13.6. The van der Waals surface area contributed by atoms with E-state index in [4.69, 9.17) is 0 Å². The summed E-state index contributed by atoms with van der Waals surface area (Å²) in [6, 6.07) is 6.36. The molecule has 0 aliphatic heterocycles. The average Bonchev–Trinajstić information content (AvgIpc) is 3.01. The third-order valence-corrected chi connectivity index (χ3v) is 4.91. The van der Waals surface area contributed by atoms with Gasteiger partial charge in [-0.15, -0.1) is 0 Å². The monoisotopic (exact) mass is 396 g/mol. The van der Waals surface area contributed by atoms with Crippen molar-refractivity contribution in [3.05, 3.63) is 57.0 Å². The van der Waals surface area contributed by atoms with E-state index in [-0.39, 0.29) is 3.83 Å². The number of hydrogen-bond donors (Lipinski definition) is 0. The first-order valence-corrected chi connectivity index (χ1v) is 8.66. The summed E-state index contributed by atoms with van der Waals surface area (Å²) >= 11 is 1.74. The third-order valence-electron chi connectivity index (χ3n) is 4.33. The van der Waals surface area contributed by atoms with Gasteiger partial charge in [-0.3, -0.25) is 0 Å². The molecule has 1 aromatic rings. The van der Waals surface area contributed by atoms with Gasteiger partial charge in [0.25, 0.3) is 0 Å². The van der Waals surface area contributed by atoms with Crippen molar-refractivity contribution in [1.29, 1.82) is 0 Å². The van der Waals surface area contributed by atoms with Gasteiger partial charge in [0.05, 0.1) is 0 Å². The lowest BCUT2D eigenvalue weighted by molar-refractivity contribution is 0.715. The van der Waals surface area contributed by atoms with Gasteiger partial charge < -0.3 is 0 Å². The third kappa shape index (κ3) is 3.65. The Balaban J connectivity index is 2.64. The molecule has 0 bridgehead atoms. The summed E-state index contributed by atoms with van der Waals surface area (Å²) in [5.41, 5.74) is 6.89. The van der Waals surface area contributed by atoms with E-state index in [1.54, 1.807) is 28.7 Å². The molecule has 1 aliphatic rings. The second kappa shape index (κ2) is 7.39. The molecule has 0 spiro atoms. The Morgan fingerprint density at radius 1 is 1.29 bits per heavy atom. The molecule has 0 unspecified atom stereocenters. The van der Waals surface area contributed by atoms with E-state index in [1.807, 2.05) is 6.07 Å². The Morgan fingerprint density at radius 3 is 2.48 bits per heavy atom. The maximum absolute atomic E-state index is 13.8. The lowest BCUT2D eigenvalue weighted by Gasteiger charge is -2.15. The quantitative estimate of drug-likeness (QED) is 0.385. The Hall–Kier alpha value is -0.900. The zero-order chi connectivity index (χ0) is 15.4. The van der Waals surface area contributed by atoms with Crippen molar-refractivity contribution in [2.45, 2.75) is 46.0 Å². The van der Waals surface area contributed by atoms with Crippen molar-refractivity contribution in [2.75, 3.05) is 0 Å². The highest BCUT2D eigenvalue weighted by Gasteiger charge is 2.16. The minimum absolute atomic E-state index is 0.197. The van der Waals surface area contributed by atoms with E-state index < -0.39 is 0 Å². The minimum Gasteiger partial charge on any atom is -0.199 e. The first-order chi connectivity index (χ1) is 10.1. The van der Waals surface area contributed by atoms with Gasteiger partial charge in [-0.2, -0.15) is 4.39 Å². The summed E-state index contributed by atoms with van der Waals surface area (Å²) in [6.07, 6.45) is 7.54. The van der Waals surface area contributed by atoms with Crippen LogP contribution in [-0.2, 0) is 6.42 Å². The molecule has 0 heterocycles. The normalized spacial score (nSPS) is 15.9. The first-order valence-electron chi connectivity index (χ1n) is 7.58. The summed E-state index contributed by atoms with van der Waals surface area (Å²) in [6.45, 7) is 8.12. The van der Waals surface area contributed by atoms with Crippen LogP contribution in [0.25, 0.3) is 11.1 Å². The Kier molecular flexibility index (Phi) is 5.80. The van der Waals surface area contributed by atoms with Crippen molar-refractivity contribution in [3.8, 4) is 0 Å². The second-order valence-electron chi connectivity index (χ2n) is 5.55. The van der Waals surface area contributed by atoms with E-state index in [0.29, 0.717) is 5.57 Å². The Morgan fingerprint density at radius 2 is 1.95 bits per heavy atom. The summed E-state index contributed by atoms with van der Waals surface area (Å²) in [5, 5.41) is 0. The van der Waals surface area contributed by atoms with Crippen LogP contribution in [0.1, 0.15) is 56.2 Å². The fraction of sp³-hybridized carbons (Fsp3) is 0.368. The predicted octanol–water partition coefficient (Wildman–Crippen LogP) is 6.86. The van der Waals surface area contributed by atoms with Gasteiger partial charge in [0.2, 0.25) is 0 Å². The van der Waals surface area contributed by atoms with Gasteiger partial charge in [-0.1, -0.05) is 43.4 Å². The van der Waals surface area contributed by atoms with Crippen molar-refractivity contribution >= 4 is 33.7 Å². The lowest BCUT2D eigenvalue weighted by Crippen LogP contribution is -1.96. The molecule has 0 aromatic heterocycles. The van der Waals surface area contributed by atoms with Gasteiger partial charge >= 0.3 is 0 Å². The molecule has 1 fully saturated rings. The number of rotatable bonds is 4. The van der Waals surface area contributed by atoms with Crippen molar-refractivity contribution < 1.29 is 4.39 Å². The molecule has 1 aromatic carbocycles. The van der Waals surface area contributed by atoms with Crippen molar-refractivity contribution in [2.24, 2.45) is 0 Å². The van der Waals surface area contributed by atoms with Crippen LogP contribution >= 0.6 is 22.6 Å². The highest BCUT2D eigenvalue weighted by Crippen LogP contribution is 2.37. The zero-order valence-electron chi connectivity index (χ0n) is 12.8. The minimum atomic E-state index is -0.197. The molecule has 0 saturated heterocycles. The number of aryl methyl sites for hydroxylation is 1. The number of hydrogen-bond acceptors (Lipinski definition) is 0. The van der Waals surface area contributed by atoms with Gasteiger partial charge in [0, 0.05) is 5.57 Å². The van der Waals surface area contributed by atoms with Crippen LogP contribution in [0, 0.1) is 0 Å². The van der Waals surface area contributed by atoms with Crippen LogP contribution in [0.15, 0.2) is 40.3 Å². The number of halogens is 2. The molecule has 0 N–H and O–H groups in total. The molecule has 0 atom stereocenters. The van der Waals surface area contributed by atoms with Crippen molar-refractivity contribution in [3.63, 3.8) is 0 Å². The Bertz CT molecular complexity index is 596. The molecule has 0 amide bonds. The maximum atomic E-state index is 13.8. The number of allylic oxidation sites excluding steroid dienone is 4. The van der Waals surface area contributed by atoms with Crippen LogP contribution < -0.4 is 0 Å². The van der Waals surface area contributed by atoms with E-state index in [9.17, 15) is 4.39 Å².